The molecule has 0 fully saturated rings. The number of fused-ring (bicyclic) bond motifs is 2. The molecule has 5 rings (SSSR count). The number of nitrogens with zero attached hydrogens (tertiary/aromatic N) is 2. The molecule has 0 bridgehead atoms. The minimum Gasteiger partial charge on any atom is -0.351 e. The van der Waals surface area contributed by atoms with Crippen LogP contribution in [0.3, 0.4) is 0 Å². The van der Waals surface area contributed by atoms with Gasteiger partial charge < -0.3 is 14.5 Å². The number of rotatable bonds is 4. The van der Waals surface area contributed by atoms with Gasteiger partial charge in [-0.3, -0.25) is 4.79 Å². The fourth-order valence-electron chi connectivity index (χ4n) is 4.33. The second kappa shape index (κ2) is 8.09. The topological polar surface area (TPSA) is 39.0 Å². The van der Waals surface area contributed by atoms with Crippen LogP contribution >= 0.6 is 0 Å². The zero-order valence-electron chi connectivity index (χ0n) is 18.6. The summed E-state index contributed by atoms with van der Waals surface area (Å²) in [6, 6.07) is 20.4. The van der Waals surface area contributed by atoms with E-state index in [-0.39, 0.29) is 12.5 Å². The second-order valence-electron chi connectivity index (χ2n) is 8.53. The van der Waals surface area contributed by atoms with Gasteiger partial charge in [0.15, 0.2) is 0 Å². The minimum absolute atomic E-state index is 0.136. The fourth-order valence-corrected chi connectivity index (χ4v) is 4.33. The van der Waals surface area contributed by atoms with Crippen LogP contribution < -0.4 is 5.32 Å². The first kappa shape index (κ1) is 21.8. The number of benzene rings is 3. The Kier molecular flexibility index (Phi) is 5.20. The largest absolute Gasteiger partial charge is 0.416 e. The molecule has 0 saturated heterocycles. The molecule has 1 amide bonds. The zero-order chi connectivity index (χ0) is 24.0. The Labute approximate surface area is 194 Å². The van der Waals surface area contributed by atoms with E-state index in [9.17, 15) is 18.0 Å². The summed E-state index contributed by atoms with van der Waals surface area (Å²) in [5, 5.41) is 4.81. The van der Waals surface area contributed by atoms with Crippen LogP contribution in [0.25, 0.3) is 21.8 Å². The van der Waals surface area contributed by atoms with Crippen molar-refractivity contribution in [2.75, 3.05) is 5.32 Å². The SMILES string of the molecule is Cc1ccc2c(c1)cc(C(=O)Nc1ccc3c(ccn3C)c1)n2Cc1cccc(C(F)(F)F)c1. The number of carbonyl (C=O) groups excluding carboxylic acids is 1. The van der Waals surface area contributed by atoms with Crippen LogP contribution in [0.5, 0.6) is 0 Å². The van der Waals surface area contributed by atoms with Crippen LogP contribution in [-0.2, 0) is 19.8 Å². The van der Waals surface area contributed by atoms with Gasteiger partial charge in [-0.2, -0.15) is 13.2 Å². The molecule has 3 aromatic carbocycles. The van der Waals surface area contributed by atoms with Crippen LogP contribution in [0.15, 0.2) is 79.0 Å². The highest BCUT2D eigenvalue weighted by Crippen LogP contribution is 2.31. The number of anilines is 1. The summed E-state index contributed by atoms with van der Waals surface area (Å²) < 4.78 is 43.5. The Morgan fingerprint density at radius 2 is 1.71 bits per heavy atom. The van der Waals surface area contributed by atoms with Crippen molar-refractivity contribution >= 4 is 33.4 Å². The summed E-state index contributed by atoms with van der Waals surface area (Å²) in [6.07, 6.45) is -2.48. The van der Waals surface area contributed by atoms with Crippen molar-refractivity contribution in [3.63, 3.8) is 0 Å². The Balaban J connectivity index is 1.53. The number of aromatic nitrogens is 2. The van der Waals surface area contributed by atoms with E-state index in [4.69, 9.17) is 0 Å². The third-order valence-electron chi connectivity index (χ3n) is 6.03. The molecule has 0 spiro atoms. The van der Waals surface area contributed by atoms with Crippen LogP contribution in [0.1, 0.15) is 27.2 Å². The molecule has 5 aromatic rings. The van der Waals surface area contributed by atoms with E-state index < -0.39 is 11.7 Å². The highest BCUT2D eigenvalue weighted by atomic mass is 19.4. The highest BCUT2D eigenvalue weighted by Gasteiger charge is 2.30. The van der Waals surface area contributed by atoms with Crippen molar-refractivity contribution in [2.45, 2.75) is 19.6 Å². The molecule has 0 radical (unpaired) electrons. The Bertz CT molecular complexity index is 1540. The number of halogens is 3. The number of amides is 1. The Morgan fingerprint density at radius 1 is 0.912 bits per heavy atom. The Morgan fingerprint density at radius 3 is 2.50 bits per heavy atom. The van der Waals surface area contributed by atoms with Crippen molar-refractivity contribution in [1.29, 1.82) is 0 Å². The lowest BCUT2D eigenvalue weighted by Crippen LogP contribution is -2.17. The number of alkyl halides is 3. The van der Waals surface area contributed by atoms with Crippen molar-refractivity contribution in [2.24, 2.45) is 7.05 Å². The summed E-state index contributed by atoms with van der Waals surface area (Å²) in [6.45, 7) is 2.09. The lowest BCUT2D eigenvalue weighted by Gasteiger charge is -2.13. The molecule has 0 aliphatic rings. The number of aryl methyl sites for hydroxylation is 2. The molecule has 7 heteroatoms. The van der Waals surface area contributed by atoms with E-state index in [0.29, 0.717) is 16.9 Å². The maximum absolute atomic E-state index is 13.3. The second-order valence-corrected chi connectivity index (χ2v) is 8.53. The summed E-state index contributed by atoms with van der Waals surface area (Å²) in [5.41, 5.74) is 3.65. The molecule has 4 nitrogen and oxygen atoms in total. The number of hydrogen-bond donors (Lipinski definition) is 1. The van der Waals surface area contributed by atoms with Gasteiger partial charge in [-0.05, 0) is 67.1 Å². The van der Waals surface area contributed by atoms with Gasteiger partial charge in [0.2, 0.25) is 0 Å². The molecule has 0 aliphatic heterocycles. The Hall–Kier alpha value is -4.00. The van der Waals surface area contributed by atoms with E-state index in [2.05, 4.69) is 5.32 Å². The lowest BCUT2D eigenvalue weighted by atomic mass is 10.1. The first-order chi connectivity index (χ1) is 16.2. The van der Waals surface area contributed by atoms with Crippen LogP contribution in [-0.4, -0.2) is 15.0 Å². The lowest BCUT2D eigenvalue weighted by molar-refractivity contribution is -0.137. The van der Waals surface area contributed by atoms with Crippen LogP contribution in [0.2, 0.25) is 0 Å². The molecule has 34 heavy (non-hydrogen) atoms. The van der Waals surface area contributed by atoms with Gasteiger partial charge in [0.1, 0.15) is 5.69 Å². The normalized spacial score (nSPS) is 11.9. The quantitative estimate of drug-likeness (QED) is 0.316. The first-order valence-corrected chi connectivity index (χ1v) is 10.8. The van der Waals surface area contributed by atoms with E-state index in [1.807, 2.05) is 67.2 Å². The highest BCUT2D eigenvalue weighted by molar-refractivity contribution is 6.07. The van der Waals surface area contributed by atoms with Crippen molar-refractivity contribution in [3.8, 4) is 0 Å². The van der Waals surface area contributed by atoms with E-state index in [0.717, 1.165) is 39.5 Å². The maximum Gasteiger partial charge on any atom is 0.416 e. The molecule has 2 heterocycles. The summed E-state index contributed by atoms with van der Waals surface area (Å²) >= 11 is 0. The van der Waals surface area contributed by atoms with Gasteiger partial charge in [-0.1, -0.05) is 23.8 Å². The molecule has 2 aromatic heterocycles. The molecule has 0 saturated carbocycles. The van der Waals surface area contributed by atoms with Gasteiger partial charge in [0.25, 0.3) is 5.91 Å². The predicted octanol–water partition coefficient (Wildman–Crippen LogP) is 6.76. The van der Waals surface area contributed by atoms with Crippen LogP contribution in [0, 0.1) is 6.92 Å². The molecule has 0 atom stereocenters. The van der Waals surface area contributed by atoms with Crippen LogP contribution in [0.4, 0.5) is 18.9 Å². The predicted molar refractivity (Wildman–Crippen MR) is 128 cm³/mol. The third-order valence-corrected chi connectivity index (χ3v) is 6.03. The smallest absolute Gasteiger partial charge is 0.351 e. The molecule has 0 unspecified atom stereocenters. The molecule has 0 aliphatic carbocycles. The van der Waals surface area contributed by atoms with E-state index in [1.54, 1.807) is 16.7 Å². The van der Waals surface area contributed by atoms with Gasteiger partial charge >= 0.3 is 6.18 Å². The summed E-state index contributed by atoms with van der Waals surface area (Å²) in [5.74, 6) is -0.323. The van der Waals surface area contributed by atoms with Crippen molar-refractivity contribution in [1.82, 2.24) is 9.13 Å². The number of hydrogen-bond acceptors (Lipinski definition) is 1. The third kappa shape index (κ3) is 4.05. The first-order valence-electron chi connectivity index (χ1n) is 10.8. The van der Waals surface area contributed by atoms with Crippen molar-refractivity contribution in [3.05, 3.63) is 101 Å². The average Bonchev–Trinajstić information content (AvgIpc) is 3.33. The molecular weight excluding hydrogens is 439 g/mol. The molecule has 1 N–H and O–H groups in total. The zero-order valence-corrected chi connectivity index (χ0v) is 18.6. The standard InChI is InChI=1S/C27H22F3N3O/c1-17-6-8-24-20(12-17)15-25(33(24)16-18-4-3-5-21(13-18)27(28,29)30)26(34)31-22-7-9-23-19(14-22)10-11-32(23)2/h3-15H,16H2,1-2H3,(H,31,34). The van der Waals surface area contributed by atoms with E-state index in [1.165, 1.54) is 6.07 Å². The number of nitrogens with one attached hydrogen (secondary N) is 1. The summed E-state index contributed by atoms with van der Waals surface area (Å²) in [7, 11) is 1.95. The molecule has 172 valence electrons. The minimum atomic E-state index is -4.43. The van der Waals surface area contributed by atoms with Gasteiger partial charge in [-0.15, -0.1) is 0 Å². The number of carbonyl (C=O) groups is 1. The fraction of sp³-hybridized carbons (Fsp3) is 0.148. The summed E-state index contributed by atoms with van der Waals surface area (Å²) in [4.78, 5) is 13.3. The van der Waals surface area contributed by atoms with E-state index >= 15 is 0 Å². The molecular formula is C27H22F3N3O. The van der Waals surface area contributed by atoms with Gasteiger partial charge in [-0.25, -0.2) is 0 Å². The van der Waals surface area contributed by atoms with Gasteiger partial charge in [0.05, 0.1) is 5.56 Å². The van der Waals surface area contributed by atoms with Crippen molar-refractivity contribution < 1.29 is 18.0 Å². The average molecular weight is 461 g/mol. The monoisotopic (exact) mass is 461 g/mol. The van der Waals surface area contributed by atoms with Gasteiger partial charge in [0, 0.05) is 47.3 Å². The maximum atomic E-state index is 13.3.